The zero-order valence-corrected chi connectivity index (χ0v) is 9.05. The van der Waals surface area contributed by atoms with Gasteiger partial charge in [-0.25, -0.2) is 13.2 Å². The van der Waals surface area contributed by atoms with Crippen molar-refractivity contribution in [2.75, 3.05) is 5.32 Å². The molecule has 0 aliphatic carbocycles. The molecule has 0 aliphatic heterocycles. The smallest absolute Gasteiger partial charge is 0.194 e. The summed E-state index contributed by atoms with van der Waals surface area (Å²) in [6.07, 6.45) is 0. The number of nitrogens with one attached hydrogen (secondary N) is 1. The molecule has 2 rings (SSSR count). The van der Waals surface area contributed by atoms with Gasteiger partial charge in [-0.1, -0.05) is 0 Å². The van der Waals surface area contributed by atoms with E-state index in [1.54, 1.807) is 24.3 Å². The third-order valence-corrected chi connectivity index (χ3v) is 2.29. The highest BCUT2D eigenvalue weighted by atomic mass is 19.2. The van der Waals surface area contributed by atoms with Crippen LogP contribution in [0, 0.1) is 28.8 Å². The topological polar surface area (TPSA) is 35.8 Å². The van der Waals surface area contributed by atoms with E-state index in [1.807, 2.05) is 6.07 Å². The van der Waals surface area contributed by atoms with Crippen LogP contribution in [0.2, 0.25) is 0 Å². The molecule has 0 saturated heterocycles. The summed E-state index contributed by atoms with van der Waals surface area (Å²) in [5, 5.41) is 11.3. The molecule has 2 aromatic rings. The van der Waals surface area contributed by atoms with E-state index in [2.05, 4.69) is 5.32 Å². The lowest BCUT2D eigenvalue weighted by molar-refractivity contribution is 0.448. The Balaban J connectivity index is 2.26. The van der Waals surface area contributed by atoms with Crippen LogP contribution in [-0.4, -0.2) is 0 Å². The number of nitriles is 1. The molecule has 0 fully saturated rings. The summed E-state index contributed by atoms with van der Waals surface area (Å²) in [5.74, 6) is -4.02. The van der Waals surface area contributed by atoms with Crippen molar-refractivity contribution in [2.45, 2.75) is 0 Å². The quantitative estimate of drug-likeness (QED) is 0.822. The van der Waals surface area contributed by atoms with E-state index in [0.717, 1.165) is 12.1 Å². The Morgan fingerprint density at radius 3 is 1.94 bits per heavy atom. The Morgan fingerprint density at radius 2 is 1.44 bits per heavy atom. The van der Waals surface area contributed by atoms with Crippen molar-refractivity contribution in [3.8, 4) is 6.07 Å². The fourth-order valence-corrected chi connectivity index (χ4v) is 1.42. The van der Waals surface area contributed by atoms with Gasteiger partial charge in [0.25, 0.3) is 0 Å². The lowest BCUT2D eigenvalue weighted by Crippen LogP contribution is -1.96. The van der Waals surface area contributed by atoms with Gasteiger partial charge >= 0.3 is 0 Å². The fourth-order valence-electron chi connectivity index (χ4n) is 1.42. The monoisotopic (exact) mass is 248 g/mol. The number of benzene rings is 2. The molecule has 2 nitrogen and oxygen atoms in total. The van der Waals surface area contributed by atoms with Crippen LogP contribution >= 0.6 is 0 Å². The lowest BCUT2D eigenvalue weighted by Gasteiger charge is -2.07. The number of halogens is 3. The Kier molecular flexibility index (Phi) is 3.20. The number of hydrogen-bond acceptors (Lipinski definition) is 2. The van der Waals surface area contributed by atoms with E-state index in [-0.39, 0.29) is 5.69 Å². The van der Waals surface area contributed by atoms with Gasteiger partial charge in [-0.15, -0.1) is 0 Å². The Bertz CT molecular complexity index is 592. The predicted octanol–water partition coefficient (Wildman–Crippen LogP) is 3.72. The van der Waals surface area contributed by atoms with Gasteiger partial charge in [-0.2, -0.15) is 5.26 Å². The molecule has 0 spiro atoms. The minimum atomic E-state index is -1.50. The highest BCUT2D eigenvalue weighted by Gasteiger charge is 2.10. The van der Waals surface area contributed by atoms with Gasteiger partial charge in [-0.3, -0.25) is 0 Å². The van der Waals surface area contributed by atoms with Crippen LogP contribution in [0.1, 0.15) is 5.56 Å². The van der Waals surface area contributed by atoms with Crippen LogP contribution < -0.4 is 5.32 Å². The van der Waals surface area contributed by atoms with Crippen LogP contribution in [0.4, 0.5) is 24.5 Å². The van der Waals surface area contributed by atoms with Crippen molar-refractivity contribution in [2.24, 2.45) is 0 Å². The van der Waals surface area contributed by atoms with Gasteiger partial charge < -0.3 is 5.32 Å². The van der Waals surface area contributed by atoms with Crippen molar-refractivity contribution in [1.82, 2.24) is 0 Å². The van der Waals surface area contributed by atoms with Crippen molar-refractivity contribution in [3.63, 3.8) is 0 Å². The first-order valence-electron chi connectivity index (χ1n) is 5.02. The second-order valence-corrected chi connectivity index (χ2v) is 3.57. The lowest BCUT2D eigenvalue weighted by atomic mass is 10.2. The molecule has 0 saturated carbocycles. The average molecular weight is 248 g/mol. The first-order chi connectivity index (χ1) is 8.60. The van der Waals surface area contributed by atoms with Crippen LogP contribution in [0.3, 0.4) is 0 Å². The van der Waals surface area contributed by atoms with Crippen LogP contribution in [0.5, 0.6) is 0 Å². The van der Waals surface area contributed by atoms with Crippen LogP contribution in [0.25, 0.3) is 0 Å². The summed E-state index contributed by atoms with van der Waals surface area (Å²) < 4.78 is 38.7. The maximum Gasteiger partial charge on any atom is 0.194 e. The van der Waals surface area contributed by atoms with Gasteiger partial charge in [0.05, 0.1) is 11.6 Å². The molecule has 0 aliphatic rings. The largest absolute Gasteiger partial charge is 0.355 e. The highest BCUT2D eigenvalue weighted by molar-refractivity contribution is 5.60. The van der Waals surface area contributed by atoms with Crippen molar-refractivity contribution < 1.29 is 13.2 Å². The molecule has 90 valence electrons. The van der Waals surface area contributed by atoms with Crippen LogP contribution in [0.15, 0.2) is 36.4 Å². The maximum absolute atomic E-state index is 13.0. The normalized spacial score (nSPS) is 9.89. The van der Waals surface area contributed by atoms with Crippen molar-refractivity contribution in [1.29, 1.82) is 5.26 Å². The summed E-state index contributed by atoms with van der Waals surface area (Å²) in [7, 11) is 0. The molecule has 0 radical (unpaired) electrons. The van der Waals surface area contributed by atoms with Gasteiger partial charge in [0.15, 0.2) is 17.5 Å². The number of rotatable bonds is 2. The molecule has 0 bridgehead atoms. The number of anilines is 2. The zero-order chi connectivity index (χ0) is 13.1. The summed E-state index contributed by atoms with van der Waals surface area (Å²) in [6.45, 7) is 0. The second kappa shape index (κ2) is 4.80. The highest BCUT2D eigenvalue weighted by Crippen LogP contribution is 2.21. The molecule has 2 aromatic carbocycles. The van der Waals surface area contributed by atoms with E-state index in [0.29, 0.717) is 11.3 Å². The minimum Gasteiger partial charge on any atom is -0.355 e. The molecular formula is C13H7F3N2. The Labute approximate surface area is 101 Å². The van der Waals surface area contributed by atoms with E-state index < -0.39 is 17.5 Å². The molecule has 0 aromatic heterocycles. The van der Waals surface area contributed by atoms with Crippen molar-refractivity contribution in [3.05, 3.63) is 59.4 Å². The standard InChI is InChI=1S/C13H7F3N2/c14-11-5-10(6-12(15)13(11)16)18-9-3-1-8(7-17)2-4-9/h1-6,18H. The van der Waals surface area contributed by atoms with Gasteiger partial charge in [0, 0.05) is 23.5 Å². The third kappa shape index (κ3) is 2.43. The Morgan fingerprint density at radius 1 is 0.889 bits per heavy atom. The van der Waals surface area contributed by atoms with Crippen LogP contribution in [-0.2, 0) is 0 Å². The molecule has 5 heteroatoms. The van der Waals surface area contributed by atoms with E-state index in [4.69, 9.17) is 5.26 Å². The summed E-state index contributed by atoms with van der Waals surface area (Å²) in [5.41, 5.74) is 1.10. The van der Waals surface area contributed by atoms with E-state index in [1.165, 1.54) is 0 Å². The molecule has 18 heavy (non-hydrogen) atoms. The van der Waals surface area contributed by atoms with Gasteiger partial charge in [0.1, 0.15) is 0 Å². The molecule has 0 unspecified atom stereocenters. The molecular weight excluding hydrogens is 241 g/mol. The predicted molar refractivity (Wildman–Crippen MR) is 60.8 cm³/mol. The third-order valence-electron chi connectivity index (χ3n) is 2.29. The molecule has 0 amide bonds. The fraction of sp³-hybridized carbons (Fsp3) is 0. The zero-order valence-electron chi connectivity index (χ0n) is 9.05. The SMILES string of the molecule is N#Cc1ccc(Nc2cc(F)c(F)c(F)c2)cc1. The second-order valence-electron chi connectivity index (χ2n) is 3.57. The summed E-state index contributed by atoms with van der Waals surface area (Å²) in [4.78, 5) is 0. The first-order valence-corrected chi connectivity index (χ1v) is 5.02. The summed E-state index contributed by atoms with van der Waals surface area (Å²) >= 11 is 0. The Hall–Kier alpha value is -2.48. The summed E-state index contributed by atoms with van der Waals surface area (Å²) in [6, 6.07) is 9.93. The number of nitrogens with zero attached hydrogens (tertiary/aromatic N) is 1. The van der Waals surface area contributed by atoms with E-state index in [9.17, 15) is 13.2 Å². The van der Waals surface area contributed by atoms with E-state index >= 15 is 0 Å². The van der Waals surface area contributed by atoms with Gasteiger partial charge in [0.2, 0.25) is 0 Å². The number of hydrogen-bond donors (Lipinski definition) is 1. The molecule has 1 N–H and O–H groups in total. The minimum absolute atomic E-state index is 0.0936. The first kappa shape index (κ1) is 12.0. The maximum atomic E-state index is 13.0. The van der Waals surface area contributed by atoms with Gasteiger partial charge in [-0.05, 0) is 24.3 Å². The van der Waals surface area contributed by atoms with Crippen molar-refractivity contribution >= 4 is 11.4 Å². The molecule has 0 heterocycles. The molecule has 0 atom stereocenters. The average Bonchev–Trinajstić information content (AvgIpc) is 2.37.